The van der Waals surface area contributed by atoms with Crippen LogP contribution in [-0.4, -0.2) is 18.2 Å². The lowest BCUT2D eigenvalue weighted by Crippen LogP contribution is -2.19. The molecule has 0 aromatic heterocycles. The van der Waals surface area contributed by atoms with Crippen LogP contribution >= 0.6 is 50.9 Å². The lowest BCUT2D eigenvalue weighted by Gasteiger charge is -2.13. The Morgan fingerprint density at radius 1 is 1.09 bits per heavy atom. The Morgan fingerprint density at radius 2 is 1.82 bits per heavy atom. The minimum absolute atomic E-state index is 0.228. The van der Waals surface area contributed by atoms with Crippen molar-refractivity contribution in [2.24, 2.45) is 4.99 Å². The summed E-state index contributed by atoms with van der Waals surface area (Å²) in [5, 5.41) is 4.32. The Hall–Kier alpha value is -2.45. The average molecular weight is 564 g/mol. The van der Waals surface area contributed by atoms with Crippen LogP contribution in [0.15, 0.2) is 75.0 Å². The number of methoxy groups -OCH3 is 1. The standard InChI is InChI=1S/C24H17BrCl2N2O3S/c1-31-20-11-15(10-19(27)22(20)32-13-14-2-6-17(26)7-3-14)12-21-23(30)29-24(33-21)28-18-8-4-16(25)5-9-18/h2-12H,13H2,1H3,(H,28,29,30)/b21-12-. The quantitative estimate of drug-likeness (QED) is 0.321. The minimum atomic E-state index is -0.228. The lowest BCUT2D eigenvalue weighted by atomic mass is 10.1. The molecule has 1 saturated heterocycles. The monoisotopic (exact) mass is 562 g/mol. The van der Waals surface area contributed by atoms with Gasteiger partial charge in [-0.1, -0.05) is 51.3 Å². The Morgan fingerprint density at radius 3 is 2.52 bits per heavy atom. The van der Waals surface area contributed by atoms with Crippen LogP contribution < -0.4 is 14.8 Å². The van der Waals surface area contributed by atoms with Gasteiger partial charge in [-0.25, -0.2) is 4.99 Å². The maximum atomic E-state index is 12.4. The molecule has 3 aromatic carbocycles. The number of thioether (sulfide) groups is 1. The van der Waals surface area contributed by atoms with E-state index in [1.54, 1.807) is 30.3 Å². The molecule has 0 unspecified atom stereocenters. The first-order chi connectivity index (χ1) is 15.9. The van der Waals surface area contributed by atoms with Crippen molar-refractivity contribution in [2.45, 2.75) is 6.61 Å². The molecular weight excluding hydrogens is 547 g/mol. The Bertz CT molecular complexity index is 1250. The molecule has 1 fully saturated rings. The molecule has 168 valence electrons. The summed E-state index contributed by atoms with van der Waals surface area (Å²) in [4.78, 5) is 17.4. The van der Waals surface area contributed by atoms with Crippen molar-refractivity contribution in [3.8, 4) is 11.5 Å². The van der Waals surface area contributed by atoms with E-state index in [1.807, 2.05) is 36.4 Å². The summed E-state index contributed by atoms with van der Waals surface area (Å²) in [6.07, 6.45) is 1.74. The summed E-state index contributed by atoms with van der Waals surface area (Å²) in [6.45, 7) is 0.307. The Balaban J connectivity index is 1.52. The molecule has 1 aliphatic heterocycles. The van der Waals surface area contributed by atoms with Crippen molar-refractivity contribution in [2.75, 3.05) is 7.11 Å². The van der Waals surface area contributed by atoms with Crippen molar-refractivity contribution >= 4 is 73.7 Å². The van der Waals surface area contributed by atoms with Gasteiger partial charge in [0.05, 0.1) is 22.7 Å². The van der Waals surface area contributed by atoms with E-state index in [0.29, 0.717) is 43.8 Å². The molecule has 1 heterocycles. The number of carbonyl (C=O) groups excluding carboxylic acids is 1. The fourth-order valence-corrected chi connectivity index (χ4v) is 4.47. The zero-order valence-corrected chi connectivity index (χ0v) is 21.2. The second-order valence-corrected chi connectivity index (χ2v) is 9.70. The normalized spacial score (nSPS) is 15.7. The number of amides is 1. The van der Waals surface area contributed by atoms with Gasteiger partial charge >= 0.3 is 0 Å². The van der Waals surface area contributed by atoms with Crippen molar-refractivity contribution in [1.29, 1.82) is 0 Å². The van der Waals surface area contributed by atoms with E-state index >= 15 is 0 Å². The number of ether oxygens (including phenoxy) is 2. The van der Waals surface area contributed by atoms with E-state index in [9.17, 15) is 4.79 Å². The number of carbonyl (C=O) groups is 1. The summed E-state index contributed by atoms with van der Waals surface area (Å²) in [5.74, 6) is 0.668. The number of nitrogens with zero attached hydrogens (tertiary/aromatic N) is 1. The highest BCUT2D eigenvalue weighted by Crippen LogP contribution is 2.38. The first-order valence-electron chi connectivity index (χ1n) is 9.71. The van der Waals surface area contributed by atoms with Gasteiger partial charge in [0.25, 0.3) is 5.91 Å². The van der Waals surface area contributed by atoms with E-state index in [2.05, 4.69) is 26.2 Å². The van der Waals surface area contributed by atoms with Gasteiger partial charge in [0.2, 0.25) is 0 Å². The van der Waals surface area contributed by atoms with Crippen LogP contribution in [-0.2, 0) is 11.4 Å². The molecule has 1 aliphatic rings. The van der Waals surface area contributed by atoms with Crippen molar-refractivity contribution in [1.82, 2.24) is 5.32 Å². The van der Waals surface area contributed by atoms with Gasteiger partial charge in [0.1, 0.15) is 6.61 Å². The predicted molar refractivity (Wildman–Crippen MR) is 139 cm³/mol. The van der Waals surface area contributed by atoms with Crippen LogP contribution in [0.5, 0.6) is 11.5 Å². The van der Waals surface area contributed by atoms with Gasteiger partial charge in [-0.15, -0.1) is 0 Å². The van der Waals surface area contributed by atoms with Crippen LogP contribution in [0.4, 0.5) is 5.69 Å². The van der Waals surface area contributed by atoms with Crippen molar-refractivity contribution in [3.63, 3.8) is 0 Å². The molecule has 0 saturated carbocycles. The summed E-state index contributed by atoms with van der Waals surface area (Å²) in [6, 6.07) is 18.4. The molecule has 3 aromatic rings. The fourth-order valence-electron chi connectivity index (χ4n) is 2.96. The first kappa shape index (κ1) is 23.7. The van der Waals surface area contributed by atoms with E-state index < -0.39 is 0 Å². The SMILES string of the molecule is COc1cc(/C=C2\SC(=Nc3ccc(Br)cc3)NC2=O)cc(Cl)c1OCc1ccc(Cl)cc1. The second kappa shape index (κ2) is 10.7. The molecule has 4 rings (SSSR count). The van der Waals surface area contributed by atoms with Gasteiger partial charge in [0, 0.05) is 9.50 Å². The first-order valence-corrected chi connectivity index (χ1v) is 12.1. The molecule has 0 atom stereocenters. The summed E-state index contributed by atoms with van der Waals surface area (Å²) < 4.78 is 12.3. The molecule has 0 radical (unpaired) electrons. The van der Waals surface area contributed by atoms with Gasteiger partial charge in [0.15, 0.2) is 16.7 Å². The third kappa shape index (κ3) is 6.12. The third-order valence-corrected chi connectivity index (χ3v) is 6.53. The largest absolute Gasteiger partial charge is 0.493 e. The Kier molecular flexibility index (Phi) is 7.65. The number of nitrogens with one attached hydrogen (secondary N) is 1. The number of hydrogen-bond acceptors (Lipinski definition) is 5. The van der Waals surface area contributed by atoms with Crippen molar-refractivity contribution < 1.29 is 14.3 Å². The van der Waals surface area contributed by atoms with Gasteiger partial charge in [-0.3, -0.25) is 4.79 Å². The zero-order chi connectivity index (χ0) is 23.4. The molecule has 1 amide bonds. The van der Waals surface area contributed by atoms with E-state index in [4.69, 9.17) is 32.7 Å². The highest BCUT2D eigenvalue weighted by Gasteiger charge is 2.24. The maximum absolute atomic E-state index is 12.4. The molecule has 33 heavy (non-hydrogen) atoms. The Labute approximate surface area is 213 Å². The smallest absolute Gasteiger partial charge is 0.264 e. The number of amidine groups is 1. The molecular formula is C24H17BrCl2N2O3S. The zero-order valence-electron chi connectivity index (χ0n) is 17.3. The second-order valence-electron chi connectivity index (χ2n) is 6.91. The minimum Gasteiger partial charge on any atom is -0.493 e. The maximum Gasteiger partial charge on any atom is 0.264 e. The van der Waals surface area contributed by atoms with Crippen LogP contribution in [0.2, 0.25) is 10.0 Å². The average Bonchev–Trinajstić information content (AvgIpc) is 3.13. The van der Waals surface area contributed by atoms with Gasteiger partial charge in [-0.2, -0.15) is 0 Å². The number of benzene rings is 3. The van der Waals surface area contributed by atoms with Gasteiger partial charge in [-0.05, 0) is 77.5 Å². The van der Waals surface area contributed by atoms with Crippen LogP contribution in [0.25, 0.3) is 6.08 Å². The molecule has 0 bridgehead atoms. The third-order valence-electron chi connectivity index (χ3n) is 4.55. The number of halogens is 3. The van der Waals surface area contributed by atoms with E-state index in [0.717, 1.165) is 15.7 Å². The lowest BCUT2D eigenvalue weighted by molar-refractivity contribution is -0.115. The topological polar surface area (TPSA) is 59.9 Å². The van der Waals surface area contributed by atoms with Crippen LogP contribution in [0, 0.1) is 0 Å². The number of hydrogen-bond donors (Lipinski definition) is 1. The molecule has 5 nitrogen and oxygen atoms in total. The van der Waals surface area contributed by atoms with Gasteiger partial charge < -0.3 is 14.8 Å². The van der Waals surface area contributed by atoms with E-state index in [-0.39, 0.29) is 5.91 Å². The number of rotatable bonds is 6. The molecule has 0 aliphatic carbocycles. The summed E-state index contributed by atoms with van der Waals surface area (Å²) >= 11 is 17.1. The number of aliphatic imine (C=N–C) groups is 1. The summed E-state index contributed by atoms with van der Waals surface area (Å²) in [7, 11) is 1.54. The van der Waals surface area contributed by atoms with Crippen LogP contribution in [0.1, 0.15) is 11.1 Å². The van der Waals surface area contributed by atoms with E-state index in [1.165, 1.54) is 18.9 Å². The summed E-state index contributed by atoms with van der Waals surface area (Å²) in [5.41, 5.74) is 2.40. The van der Waals surface area contributed by atoms with Crippen molar-refractivity contribution in [3.05, 3.63) is 91.2 Å². The molecule has 1 N–H and O–H groups in total. The van der Waals surface area contributed by atoms with Crippen LogP contribution in [0.3, 0.4) is 0 Å². The highest BCUT2D eigenvalue weighted by atomic mass is 79.9. The molecule has 0 spiro atoms. The highest BCUT2D eigenvalue weighted by molar-refractivity contribution is 9.10. The molecule has 9 heteroatoms. The predicted octanol–water partition coefficient (Wildman–Crippen LogP) is 7.24. The fraction of sp³-hybridized carbons (Fsp3) is 0.0833.